The molecule has 5 heterocycles. The summed E-state index contributed by atoms with van der Waals surface area (Å²) < 4.78 is 8.56. The van der Waals surface area contributed by atoms with E-state index in [4.69, 9.17) is 9.72 Å². The number of benzene rings is 2. The van der Waals surface area contributed by atoms with Crippen molar-refractivity contribution in [2.24, 2.45) is 0 Å². The summed E-state index contributed by atoms with van der Waals surface area (Å²) in [4.78, 5) is 22.5. The summed E-state index contributed by atoms with van der Waals surface area (Å²) in [6, 6.07) is 22.8. The van der Waals surface area contributed by atoms with Crippen molar-refractivity contribution in [1.82, 2.24) is 24.5 Å². The Kier molecular flexibility index (Phi) is 5.45. The fourth-order valence-electron chi connectivity index (χ4n) is 5.34. The highest BCUT2D eigenvalue weighted by molar-refractivity contribution is 6.09. The lowest BCUT2D eigenvalue weighted by Crippen LogP contribution is -2.24. The van der Waals surface area contributed by atoms with Crippen LogP contribution in [-0.4, -0.2) is 38.2 Å². The van der Waals surface area contributed by atoms with Crippen molar-refractivity contribution in [2.45, 2.75) is 26.2 Å². The fraction of sp³-hybridized carbons (Fsp3) is 0.188. The molecule has 40 heavy (non-hydrogen) atoms. The van der Waals surface area contributed by atoms with E-state index in [1.165, 1.54) is 10.9 Å². The highest BCUT2D eigenvalue weighted by atomic mass is 16.5. The number of pyridine rings is 2. The Balaban J connectivity index is 1.29. The van der Waals surface area contributed by atoms with Crippen LogP contribution in [0, 0.1) is 0 Å². The van der Waals surface area contributed by atoms with Gasteiger partial charge in [-0.3, -0.25) is 4.57 Å². The molecule has 6 aromatic rings. The summed E-state index contributed by atoms with van der Waals surface area (Å²) in [5.41, 5.74) is 4.31. The van der Waals surface area contributed by atoms with Crippen molar-refractivity contribution >= 4 is 39.1 Å². The smallest absolute Gasteiger partial charge is 0.221 e. The maximum absolute atomic E-state index is 6.35. The number of nitrogens with zero attached hydrogens (tertiary/aromatic N) is 7. The minimum atomic E-state index is 0.0116. The molecule has 0 fully saturated rings. The maximum atomic E-state index is 6.35. The number of hydrogen-bond acceptors (Lipinski definition) is 7. The predicted molar refractivity (Wildman–Crippen MR) is 159 cm³/mol. The molecule has 198 valence electrons. The van der Waals surface area contributed by atoms with Crippen LogP contribution in [0.4, 0.5) is 17.3 Å². The molecule has 0 saturated heterocycles. The van der Waals surface area contributed by atoms with Crippen molar-refractivity contribution in [3.05, 3.63) is 97.1 Å². The van der Waals surface area contributed by atoms with Gasteiger partial charge in [0.05, 0.1) is 23.4 Å². The molecule has 8 heteroatoms. The summed E-state index contributed by atoms with van der Waals surface area (Å²) >= 11 is 0. The van der Waals surface area contributed by atoms with Gasteiger partial charge in [0, 0.05) is 54.7 Å². The number of fused-ring (bicyclic) bond motifs is 4. The van der Waals surface area contributed by atoms with Crippen LogP contribution in [0.5, 0.6) is 11.6 Å². The lowest BCUT2D eigenvalue weighted by molar-refractivity contribution is 0.463. The molecule has 0 atom stereocenters. The Morgan fingerprint density at radius 2 is 1.50 bits per heavy atom. The summed E-state index contributed by atoms with van der Waals surface area (Å²) in [7, 11) is 2.01. The van der Waals surface area contributed by atoms with E-state index in [-0.39, 0.29) is 5.41 Å². The van der Waals surface area contributed by atoms with Gasteiger partial charge in [-0.2, -0.15) is 0 Å². The van der Waals surface area contributed by atoms with E-state index in [0.717, 1.165) is 39.6 Å². The molecular weight excluding hydrogens is 498 g/mol. The maximum Gasteiger partial charge on any atom is 0.221 e. The van der Waals surface area contributed by atoms with E-state index >= 15 is 0 Å². The molecule has 1 aliphatic rings. The first kappa shape index (κ1) is 24.1. The Bertz CT molecular complexity index is 1890. The quantitative estimate of drug-likeness (QED) is 0.244. The lowest BCUT2D eigenvalue weighted by atomic mass is 9.88. The molecule has 0 N–H and O–H groups in total. The number of para-hydroxylation sites is 1. The first-order valence-corrected chi connectivity index (χ1v) is 13.3. The van der Waals surface area contributed by atoms with Crippen LogP contribution in [0.15, 0.2) is 91.5 Å². The number of aromatic nitrogens is 5. The Hall–Kier alpha value is -4.98. The number of anilines is 3. The van der Waals surface area contributed by atoms with Crippen molar-refractivity contribution in [3.8, 4) is 17.4 Å². The average Bonchev–Trinajstić information content (AvgIpc) is 3.47. The average molecular weight is 528 g/mol. The SMILES string of the molecule is CN1CN(c2ccnc(Oc3ccc4c5ccccc5n(-c5cc(C(C)(C)C)ccn5)c4c3)c2)c2nccnc21. The first-order valence-electron chi connectivity index (χ1n) is 13.3. The highest BCUT2D eigenvalue weighted by Crippen LogP contribution is 2.38. The summed E-state index contributed by atoms with van der Waals surface area (Å²) in [6.07, 6.45) is 7.08. The molecule has 0 amide bonds. The molecule has 0 spiro atoms. The zero-order chi connectivity index (χ0) is 27.4. The molecule has 2 aromatic carbocycles. The summed E-state index contributed by atoms with van der Waals surface area (Å²) in [5, 5.41) is 2.31. The predicted octanol–water partition coefficient (Wildman–Crippen LogP) is 7.00. The Morgan fingerprint density at radius 3 is 2.35 bits per heavy atom. The summed E-state index contributed by atoms with van der Waals surface area (Å²) in [5.74, 6) is 3.76. The Labute approximate surface area is 232 Å². The van der Waals surface area contributed by atoms with Crippen LogP contribution >= 0.6 is 0 Å². The topological polar surface area (TPSA) is 72.2 Å². The molecule has 0 aliphatic carbocycles. The van der Waals surface area contributed by atoms with E-state index in [9.17, 15) is 0 Å². The monoisotopic (exact) mass is 527 g/mol. The zero-order valence-electron chi connectivity index (χ0n) is 22.9. The third kappa shape index (κ3) is 4.00. The van der Waals surface area contributed by atoms with Crippen LogP contribution < -0.4 is 14.5 Å². The standard InChI is InChI=1S/C32H29N7O/c1-32(2,3)21-11-13-33-28(17-21)39-26-8-6-5-7-24(26)25-10-9-23(19-27(25)39)40-29-18-22(12-14-34-29)38-20-37(4)30-31(38)36-16-15-35-30/h5-19H,20H2,1-4H3. The Morgan fingerprint density at radius 1 is 0.725 bits per heavy atom. The lowest BCUT2D eigenvalue weighted by Gasteiger charge is -2.20. The van der Waals surface area contributed by atoms with E-state index < -0.39 is 0 Å². The van der Waals surface area contributed by atoms with Gasteiger partial charge in [0.2, 0.25) is 5.88 Å². The number of hydrogen-bond donors (Lipinski definition) is 0. The van der Waals surface area contributed by atoms with E-state index in [1.807, 2.05) is 31.4 Å². The van der Waals surface area contributed by atoms with Gasteiger partial charge >= 0.3 is 0 Å². The van der Waals surface area contributed by atoms with Gasteiger partial charge in [0.25, 0.3) is 0 Å². The van der Waals surface area contributed by atoms with Gasteiger partial charge in [-0.05, 0) is 47.4 Å². The van der Waals surface area contributed by atoms with E-state index in [0.29, 0.717) is 18.3 Å². The molecule has 8 nitrogen and oxygen atoms in total. The van der Waals surface area contributed by atoms with Gasteiger partial charge in [0.15, 0.2) is 11.6 Å². The minimum absolute atomic E-state index is 0.0116. The molecule has 1 aliphatic heterocycles. The largest absolute Gasteiger partial charge is 0.439 e. The van der Waals surface area contributed by atoms with Gasteiger partial charge in [-0.15, -0.1) is 0 Å². The number of ether oxygens (including phenoxy) is 1. The molecule has 0 radical (unpaired) electrons. The van der Waals surface area contributed by atoms with E-state index in [2.05, 4.69) is 98.6 Å². The van der Waals surface area contributed by atoms with Crippen LogP contribution in [-0.2, 0) is 5.41 Å². The van der Waals surface area contributed by atoms with Gasteiger partial charge in [-0.1, -0.05) is 39.0 Å². The van der Waals surface area contributed by atoms with Crippen molar-refractivity contribution in [1.29, 1.82) is 0 Å². The van der Waals surface area contributed by atoms with Crippen LogP contribution in [0.2, 0.25) is 0 Å². The second-order valence-corrected chi connectivity index (χ2v) is 11.1. The zero-order valence-corrected chi connectivity index (χ0v) is 22.9. The molecular formula is C32H29N7O. The van der Waals surface area contributed by atoms with Crippen molar-refractivity contribution < 1.29 is 4.74 Å². The first-order chi connectivity index (χ1) is 19.4. The van der Waals surface area contributed by atoms with Gasteiger partial charge < -0.3 is 14.5 Å². The van der Waals surface area contributed by atoms with E-state index in [1.54, 1.807) is 18.6 Å². The van der Waals surface area contributed by atoms with Crippen LogP contribution in [0.3, 0.4) is 0 Å². The van der Waals surface area contributed by atoms with Gasteiger partial charge in [0.1, 0.15) is 11.6 Å². The second-order valence-electron chi connectivity index (χ2n) is 11.1. The van der Waals surface area contributed by atoms with Crippen molar-refractivity contribution in [2.75, 3.05) is 23.5 Å². The van der Waals surface area contributed by atoms with Crippen LogP contribution in [0.1, 0.15) is 26.3 Å². The minimum Gasteiger partial charge on any atom is -0.439 e. The number of rotatable bonds is 4. The molecule has 4 aromatic heterocycles. The second kappa shape index (κ2) is 9.05. The third-order valence-corrected chi connectivity index (χ3v) is 7.37. The molecule has 0 unspecified atom stereocenters. The molecule has 7 rings (SSSR count). The molecule has 0 saturated carbocycles. The summed E-state index contributed by atoms with van der Waals surface area (Å²) in [6.45, 7) is 7.30. The fourth-order valence-corrected chi connectivity index (χ4v) is 5.34. The normalized spacial score (nSPS) is 13.3. The van der Waals surface area contributed by atoms with Crippen molar-refractivity contribution in [3.63, 3.8) is 0 Å². The van der Waals surface area contributed by atoms with Crippen LogP contribution in [0.25, 0.3) is 27.6 Å². The molecule has 0 bridgehead atoms. The van der Waals surface area contributed by atoms with Gasteiger partial charge in [-0.25, -0.2) is 19.9 Å². The third-order valence-electron chi connectivity index (χ3n) is 7.37. The highest BCUT2D eigenvalue weighted by Gasteiger charge is 2.27.